The van der Waals surface area contributed by atoms with E-state index in [9.17, 15) is 5.11 Å². The molecule has 1 aliphatic carbocycles. The van der Waals surface area contributed by atoms with Gasteiger partial charge in [-0.05, 0) is 81.0 Å². The molecule has 2 aromatic carbocycles. The summed E-state index contributed by atoms with van der Waals surface area (Å²) in [5, 5.41) is 16.6. The number of phenols is 1. The van der Waals surface area contributed by atoms with E-state index >= 15 is 4.39 Å². The largest absolute Gasteiger partial charge is 0.508 e. The summed E-state index contributed by atoms with van der Waals surface area (Å²) >= 11 is 6.61. The summed E-state index contributed by atoms with van der Waals surface area (Å²) in [5.74, 6) is 0.862. The number of hydrogen-bond donors (Lipinski definition) is 2. The van der Waals surface area contributed by atoms with Crippen molar-refractivity contribution < 1.29 is 14.2 Å². The highest BCUT2D eigenvalue weighted by molar-refractivity contribution is 6.36. The van der Waals surface area contributed by atoms with Crippen molar-refractivity contribution in [1.29, 1.82) is 0 Å². The first-order chi connectivity index (χ1) is 21.5. The van der Waals surface area contributed by atoms with Crippen molar-refractivity contribution in [2.24, 2.45) is 5.92 Å². The number of piperazine rings is 1. The van der Waals surface area contributed by atoms with Gasteiger partial charge in [0, 0.05) is 53.4 Å². The van der Waals surface area contributed by atoms with E-state index in [-0.39, 0.29) is 28.5 Å². The summed E-state index contributed by atoms with van der Waals surface area (Å²) in [4.78, 5) is 19.3. The first kappa shape index (κ1) is 27.1. The van der Waals surface area contributed by atoms with Crippen molar-refractivity contribution >= 4 is 39.1 Å². The van der Waals surface area contributed by atoms with Crippen LogP contribution in [0.1, 0.15) is 51.4 Å². The van der Waals surface area contributed by atoms with Crippen molar-refractivity contribution in [2.75, 3.05) is 31.1 Å². The highest BCUT2D eigenvalue weighted by Gasteiger charge is 2.55. The fourth-order valence-corrected chi connectivity index (χ4v) is 9.58. The Hall–Kier alpha value is -3.27. The Labute approximate surface area is 260 Å². The summed E-state index contributed by atoms with van der Waals surface area (Å²) in [5.41, 5.74) is 0.702. The molecule has 2 aromatic heterocycles. The molecule has 1 saturated carbocycles. The number of nitrogens with zero attached hydrogens (tertiary/aromatic N) is 5. The van der Waals surface area contributed by atoms with Gasteiger partial charge >= 0.3 is 6.01 Å². The third kappa shape index (κ3) is 4.19. The number of hydrogen-bond acceptors (Lipinski definition) is 8. The molecule has 44 heavy (non-hydrogen) atoms. The lowest BCUT2D eigenvalue weighted by Gasteiger charge is -2.35. The van der Waals surface area contributed by atoms with E-state index in [1.54, 1.807) is 18.3 Å². The highest BCUT2D eigenvalue weighted by Crippen LogP contribution is 2.51. The average molecular weight is 615 g/mol. The zero-order valence-electron chi connectivity index (χ0n) is 24.6. The standard InChI is InChI=1S/C34H36ClFN6O2/c35-26-6-1-4-19-12-23(43)13-24(28(19)26)30-29(36)31-25(15-37-30)32(41-16-21-8-9-22(17-41)38-21)40-33(39-31)44-18-34-10-3-11-42(34)27-7-2-5-20(27)14-34/h1,4,6,12-13,15,20-22,27,38,43H,2-3,5,7-11,14,16-18H2/t20-,21?,22?,27-,34-/m0/s1. The average Bonchev–Trinajstić information content (AvgIpc) is 3.77. The SMILES string of the molecule is Oc1cc(-c2ncc3c(N4CC5CCC(C4)N5)nc(OC[C@@]45CCCN4[C@H]4CCC[C@H]4C5)nc3c2F)c2c(Cl)cccc2c1. The van der Waals surface area contributed by atoms with Crippen molar-refractivity contribution in [3.63, 3.8) is 0 Å². The number of phenolic OH excluding ortho intramolecular Hbond substituents is 1. The summed E-state index contributed by atoms with van der Waals surface area (Å²) in [7, 11) is 0. The number of halogens is 2. The molecule has 6 heterocycles. The number of aromatic hydroxyl groups is 1. The Balaban J connectivity index is 1.16. The molecule has 4 saturated heterocycles. The maximum atomic E-state index is 16.8. The fourth-order valence-electron chi connectivity index (χ4n) is 9.30. The summed E-state index contributed by atoms with van der Waals surface area (Å²) in [6.45, 7) is 3.23. The number of anilines is 1. The summed E-state index contributed by atoms with van der Waals surface area (Å²) < 4.78 is 23.3. The Kier molecular flexibility index (Phi) is 6.23. The van der Waals surface area contributed by atoms with Crippen LogP contribution in [0.15, 0.2) is 36.5 Å². The van der Waals surface area contributed by atoms with Gasteiger partial charge in [-0.1, -0.05) is 30.2 Å². The fraction of sp³-hybridized carbons (Fsp3) is 0.500. The molecule has 8 nitrogen and oxygen atoms in total. The van der Waals surface area contributed by atoms with Crippen molar-refractivity contribution in [3.05, 3.63) is 47.4 Å². The van der Waals surface area contributed by atoms with Gasteiger partial charge in [-0.3, -0.25) is 9.88 Å². The van der Waals surface area contributed by atoms with E-state index in [2.05, 4.69) is 20.1 Å². The minimum Gasteiger partial charge on any atom is -0.508 e. The molecule has 2 unspecified atom stereocenters. The Morgan fingerprint density at radius 2 is 1.95 bits per heavy atom. The smallest absolute Gasteiger partial charge is 0.319 e. The van der Waals surface area contributed by atoms with Gasteiger partial charge in [-0.15, -0.1) is 0 Å². The molecule has 0 amide bonds. The van der Waals surface area contributed by atoms with Gasteiger partial charge in [0.25, 0.3) is 0 Å². The maximum Gasteiger partial charge on any atom is 0.319 e. The van der Waals surface area contributed by atoms with E-state index in [4.69, 9.17) is 26.3 Å². The van der Waals surface area contributed by atoms with Crippen LogP contribution in [0.2, 0.25) is 5.02 Å². The van der Waals surface area contributed by atoms with Gasteiger partial charge in [0.1, 0.15) is 29.4 Å². The number of pyridine rings is 1. The summed E-state index contributed by atoms with van der Waals surface area (Å²) in [6.07, 6.45) is 11.3. The van der Waals surface area contributed by atoms with Crippen LogP contribution in [0.3, 0.4) is 0 Å². The van der Waals surface area contributed by atoms with Crippen LogP contribution in [-0.2, 0) is 0 Å². The molecule has 5 aliphatic rings. The number of aromatic nitrogens is 3. The summed E-state index contributed by atoms with van der Waals surface area (Å²) in [6, 6.07) is 10.2. The van der Waals surface area contributed by atoms with Gasteiger partial charge in [0.2, 0.25) is 0 Å². The van der Waals surface area contributed by atoms with Crippen LogP contribution in [0, 0.1) is 11.7 Å². The molecule has 2 N–H and O–H groups in total. The quantitative estimate of drug-likeness (QED) is 0.280. The molecule has 4 aromatic rings. The van der Waals surface area contributed by atoms with Gasteiger partial charge in [0.15, 0.2) is 5.82 Å². The molecule has 0 radical (unpaired) electrons. The minimum atomic E-state index is -0.572. The Morgan fingerprint density at radius 1 is 1.09 bits per heavy atom. The van der Waals surface area contributed by atoms with E-state index in [0.717, 1.165) is 51.2 Å². The van der Waals surface area contributed by atoms with E-state index in [0.29, 0.717) is 57.3 Å². The predicted octanol–water partition coefficient (Wildman–Crippen LogP) is 6.07. The second kappa shape index (κ2) is 10.1. The normalized spacial score (nSPS) is 29.5. The molecule has 0 spiro atoms. The van der Waals surface area contributed by atoms with Crippen LogP contribution in [0.5, 0.6) is 11.8 Å². The van der Waals surface area contributed by atoms with E-state index in [1.165, 1.54) is 31.7 Å². The third-order valence-electron chi connectivity index (χ3n) is 11.1. The lowest BCUT2D eigenvalue weighted by atomic mass is 9.90. The number of benzene rings is 2. The second-order valence-electron chi connectivity index (χ2n) is 13.7. The number of fused-ring (bicyclic) bond motifs is 7. The van der Waals surface area contributed by atoms with Crippen molar-refractivity contribution in [1.82, 2.24) is 25.2 Å². The van der Waals surface area contributed by atoms with E-state index < -0.39 is 5.82 Å². The molecule has 4 aliphatic heterocycles. The molecule has 5 fully saturated rings. The molecule has 228 valence electrons. The van der Waals surface area contributed by atoms with Crippen LogP contribution in [0.4, 0.5) is 10.2 Å². The molecular weight excluding hydrogens is 579 g/mol. The van der Waals surface area contributed by atoms with Gasteiger partial charge in [-0.2, -0.15) is 9.97 Å². The van der Waals surface area contributed by atoms with Crippen molar-refractivity contribution in [3.8, 4) is 23.0 Å². The molecule has 2 bridgehead atoms. The van der Waals surface area contributed by atoms with Gasteiger partial charge in [0.05, 0.1) is 10.9 Å². The Bertz CT molecular complexity index is 1790. The Morgan fingerprint density at radius 3 is 2.82 bits per heavy atom. The van der Waals surface area contributed by atoms with Gasteiger partial charge in [-0.25, -0.2) is 4.39 Å². The number of nitrogens with one attached hydrogen (secondary N) is 1. The third-order valence-corrected chi connectivity index (χ3v) is 11.4. The zero-order valence-corrected chi connectivity index (χ0v) is 25.4. The van der Waals surface area contributed by atoms with Crippen molar-refractivity contribution in [2.45, 2.75) is 75.0 Å². The van der Waals surface area contributed by atoms with Crippen LogP contribution < -0.4 is 15.0 Å². The van der Waals surface area contributed by atoms with Gasteiger partial charge < -0.3 is 20.1 Å². The van der Waals surface area contributed by atoms with E-state index in [1.807, 2.05) is 12.1 Å². The zero-order chi connectivity index (χ0) is 29.6. The first-order valence-electron chi connectivity index (χ1n) is 16.1. The second-order valence-corrected chi connectivity index (χ2v) is 14.1. The lowest BCUT2D eigenvalue weighted by Crippen LogP contribution is -2.51. The van der Waals surface area contributed by atoms with Crippen LogP contribution >= 0.6 is 11.6 Å². The number of ether oxygens (including phenoxy) is 1. The molecule has 9 rings (SSSR count). The molecular formula is C34H36ClFN6O2. The predicted molar refractivity (Wildman–Crippen MR) is 169 cm³/mol. The topological polar surface area (TPSA) is 86.6 Å². The number of rotatable bonds is 5. The highest BCUT2D eigenvalue weighted by atomic mass is 35.5. The molecule has 10 heteroatoms. The van der Waals surface area contributed by atoms with Crippen LogP contribution in [0.25, 0.3) is 32.9 Å². The lowest BCUT2D eigenvalue weighted by molar-refractivity contribution is 0.0832. The first-order valence-corrected chi connectivity index (χ1v) is 16.5. The monoisotopic (exact) mass is 614 g/mol. The minimum absolute atomic E-state index is 0.0152. The molecule has 5 atom stereocenters. The maximum absolute atomic E-state index is 16.8. The van der Waals surface area contributed by atoms with Crippen LogP contribution in [-0.4, -0.2) is 74.9 Å².